The van der Waals surface area contributed by atoms with E-state index < -0.39 is 26.5 Å². The predicted molar refractivity (Wildman–Crippen MR) is 80.6 cm³/mol. The third-order valence-electron chi connectivity index (χ3n) is 2.45. The van der Waals surface area contributed by atoms with E-state index in [0.717, 1.165) is 29.0 Å². The largest absolute Gasteiger partial charge is 0.279 e. The molecule has 0 bridgehead atoms. The SMILES string of the molecule is Cc1cc(S(=O)(=O)Nc2cc(F)cc([N+](=O)[O-])c2)sc1Br. The maximum Gasteiger partial charge on any atom is 0.274 e. The Kier molecular flexibility index (Phi) is 4.30. The molecule has 1 heterocycles. The molecule has 0 saturated carbocycles. The predicted octanol–water partition coefficient (Wildman–Crippen LogP) is 3.67. The highest BCUT2D eigenvalue weighted by Gasteiger charge is 2.20. The monoisotopic (exact) mass is 394 g/mol. The number of rotatable bonds is 4. The van der Waals surface area contributed by atoms with E-state index in [4.69, 9.17) is 0 Å². The zero-order chi connectivity index (χ0) is 15.8. The molecule has 0 aliphatic carbocycles. The summed E-state index contributed by atoms with van der Waals surface area (Å²) in [4.78, 5) is 9.85. The molecule has 6 nitrogen and oxygen atoms in total. The van der Waals surface area contributed by atoms with E-state index in [2.05, 4.69) is 20.7 Å². The number of nitrogens with one attached hydrogen (secondary N) is 1. The molecule has 2 aromatic rings. The molecule has 10 heteroatoms. The van der Waals surface area contributed by atoms with Crippen molar-refractivity contribution in [2.45, 2.75) is 11.1 Å². The van der Waals surface area contributed by atoms with E-state index >= 15 is 0 Å². The number of aryl methyl sites for hydroxylation is 1. The Morgan fingerprint density at radius 3 is 2.52 bits per heavy atom. The van der Waals surface area contributed by atoms with Gasteiger partial charge in [-0.2, -0.15) is 0 Å². The zero-order valence-electron chi connectivity index (χ0n) is 10.5. The number of benzene rings is 1. The van der Waals surface area contributed by atoms with Crippen LogP contribution in [0.3, 0.4) is 0 Å². The van der Waals surface area contributed by atoms with Crippen LogP contribution in [0, 0.1) is 22.9 Å². The molecule has 1 aromatic heterocycles. The van der Waals surface area contributed by atoms with Gasteiger partial charge in [-0.25, -0.2) is 12.8 Å². The number of nitrogens with zero attached hydrogens (tertiary/aromatic N) is 1. The van der Waals surface area contributed by atoms with Crippen LogP contribution in [0.25, 0.3) is 0 Å². The molecule has 0 aliphatic heterocycles. The summed E-state index contributed by atoms with van der Waals surface area (Å²) in [5.41, 5.74) is 0.00529. The van der Waals surface area contributed by atoms with Gasteiger partial charge in [-0.15, -0.1) is 11.3 Å². The Balaban J connectivity index is 2.39. The van der Waals surface area contributed by atoms with Gasteiger partial charge in [0.2, 0.25) is 0 Å². The molecule has 0 spiro atoms. The van der Waals surface area contributed by atoms with Crippen LogP contribution in [0.1, 0.15) is 5.56 Å². The summed E-state index contributed by atoms with van der Waals surface area (Å²) in [6, 6.07) is 3.99. The third-order valence-corrected chi connectivity index (χ3v) is 6.44. The van der Waals surface area contributed by atoms with Gasteiger partial charge in [-0.1, -0.05) is 0 Å². The number of thiophene rings is 1. The molecule has 0 fully saturated rings. The molecule has 0 unspecified atom stereocenters. The molecule has 0 saturated heterocycles. The van der Waals surface area contributed by atoms with Crippen LogP contribution in [-0.2, 0) is 10.0 Å². The lowest BCUT2D eigenvalue weighted by Gasteiger charge is -2.06. The van der Waals surface area contributed by atoms with Crippen molar-refractivity contribution in [2.24, 2.45) is 0 Å². The quantitative estimate of drug-likeness (QED) is 0.632. The minimum Gasteiger partial charge on any atom is -0.279 e. The minimum absolute atomic E-state index is 0.0267. The van der Waals surface area contributed by atoms with Crippen molar-refractivity contribution in [3.63, 3.8) is 0 Å². The molecule has 0 aliphatic rings. The van der Waals surface area contributed by atoms with E-state index in [9.17, 15) is 22.9 Å². The zero-order valence-corrected chi connectivity index (χ0v) is 13.7. The summed E-state index contributed by atoms with van der Waals surface area (Å²) in [5.74, 6) is -0.898. The molecule has 2 rings (SSSR count). The van der Waals surface area contributed by atoms with Crippen LogP contribution >= 0.6 is 27.3 Å². The Labute approximate surface area is 131 Å². The van der Waals surface area contributed by atoms with Crippen LogP contribution in [-0.4, -0.2) is 13.3 Å². The van der Waals surface area contributed by atoms with Crippen LogP contribution < -0.4 is 4.72 Å². The van der Waals surface area contributed by atoms with Gasteiger partial charge < -0.3 is 0 Å². The second kappa shape index (κ2) is 5.70. The smallest absolute Gasteiger partial charge is 0.274 e. The van der Waals surface area contributed by atoms with Crippen LogP contribution in [0.2, 0.25) is 0 Å². The summed E-state index contributed by atoms with van der Waals surface area (Å²) in [7, 11) is -3.92. The highest BCUT2D eigenvalue weighted by Crippen LogP contribution is 2.32. The second-order valence-electron chi connectivity index (χ2n) is 4.08. The number of halogens is 2. The van der Waals surface area contributed by atoms with Gasteiger partial charge in [0.25, 0.3) is 15.7 Å². The number of non-ortho nitro benzene ring substituents is 1. The fraction of sp³-hybridized carbons (Fsp3) is 0.0909. The normalized spacial score (nSPS) is 11.4. The Morgan fingerprint density at radius 2 is 2.00 bits per heavy atom. The second-order valence-corrected chi connectivity index (χ2v) is 8.36. The first-order valence-electron chi connectivity index (χ1n) is 5.43. The molecule has 1 N–H and O–H groups in total. The highest BCUT2D eigenvalue weighted by molar-refractivity contribution is 9.11. The number of hydrogen-bond acceptors (Lipinski definition) is 5. The van der Waals surface area contributed by atoms with Crippen molar-refractivity contribution in [2.75, 3.05) is 4.72 Å². The van der Waals surface area contributed by atoms with Crippen molar-refractivity contribution < 1.29 is 17.7 Å². The third kappa shape index (κ3) is 3.57. The lowest BCUT2D eigenvalue weighted by atomic mass is 10.3. The summed E-state index contributed by atoms with van der Waals surface area (Å²) in [5, 5.41) is 10.6. The number of nitro groups is 1. The standard InChI is InChI=1S/C11H8BrFN2O4S2/c1-6-2-10(20-11(6)12)21(18,19)14-8-3-7(13)4-9(5-8)15(16)17/h2-5,14H,1H3. The van der Waals surface area contributed by atoms with E-state index in [0.29, 0.717) is 9.85 Å². The highest BCUT2D eigenvalue weighted by atomic mass is 79.9. The molecular formula is C11H8BrFN2O4S2. The molecule has 0 amide bonds. The lowest BCUT2D eigenvalue weighted by Crippen LogP contribution is -2.11. The van der Waals surface area contributed by atoms with Crippen molar-refractivity contribution >= 4 is 48.7 Å². The maximum absolute atomic E-state index is 13.3. The summed E-state index contributed by atoms with van der Waals surface area (Å²) < 4.78 is 40.4. The molecular weight excluding hydrogens is 387 g/mol. The number of nitro benzene ring substituents is 1. The van der Waals surface area contributed by atoms with Crippen LogP contribution in [0.4, 0.5) is 15.8 Å². The van der Waals surface area contributed by atoms with Crippen LogP contribution in [0.15, 0.2) is 32.3 Å². The Morgan fingerprint density at radius 1 is 1.33 bits per heavy atom. The average molecular weight is 395 g/mol. The van der Waals surface area contributed by atoms with Crippen molar-refractivity contribution in [1.82, 2.24) is 0 Å². The van der Waals surface area contributed by atoms with Gasteiger partial charge in [0.05, 0.1) is 20.5 Å². The Hall–Kier alpha value is -1.52. The molecule has 21 heavy (non-hydrogen) atoms. The first kappa shape index (κ1) is 15.9. The van der Waals surface area contributed by atoms with Crippen molar-refractivity contribution in [3.8, 4) is 0 Å². The van der Waals surface area contributed by atoms with E-state index in [1.165, 1.54) is 6.07 Å². The number of anilines is 1. The fourth-order valence-corrected chi connectivity index (χ4v) is 4.77. The average Bonchev–Trinajstić information content (AvgIpc) is 2.69. The van der Waals surface area contributed by atoms with E-state index in [1.807, 2.05) is 0 Å². The molecule has 112 valence electrons. The van der Waals surface area contributed by atoms with Gasteiger partial charge in [-0.3, -0.25) is 14.8 Å². The van der Waals surface area contributed by atoms with Crippen molar-refractivity contribution in [1.29, 1.82) is 0 Å². The first-order valence-corrected chi connectivity index (χ1v) is 8.52. The number of hydrogen-bond donors (Lipinski definition) is 1. The van der Waals surface area contributed by atoms with Gasteiger partial charge in [0, 0.05) is 6.07 Å². The molecule has 1 aromatic carbocycles. The molecule has 0 atom stereocenters. The lowest BCUT2D eigenvalue weighted by molar-refractivity contribution is -0.385. The molecule has 0 radical (unpaired) electrons. The van der Waals surface area contributed by atoms with E-state index in [-0.39, 0.29) is 9.90 Å². The maximum atomic E-state index is 13.3. The van der Waals surface area contributed by atoms with E-state index in [1.54, 1.807) is 6.92 Å². The number of sulfonamides is 1. The summed E-state index contributed by atoms with van der Waals surface area (Å²) in [6.07, 6.45) is 0. The fourth-order valence-electron chi connectivity index (χ4n) is 1.51. The summed E-state index contributed by atoms with van der Waals surface area (Å²) >= 11 is 4.21. The van der Waals surface area contributed by atoms with Gasteiger partial charge >= 0.3 is 0 Å². The Bertz CT molecular complexity index is 800. The van der Waals surface area contributed by atoms with Gasteiger partial charge in [0.15, 0.2) is 0 Å². The first-order chi connectivity index (χ1) is 9.69. The minimum atomic E-state index is -3.92. The van der Waals surface area contributed by atoms with Gasteiger partial charge in [-0.05, 0) is 40.5 Å². The summed E-state index contributed by atoms with van der Waals surface area (Å²) in [6.45, 7) is 1.73. The van der Waals surface area contributed by atoms with Gasteiger partial charge in [0.1, 0.15) is 10.0 Å². The van der Waals surface area contributed by atoms with Crippen LogP contribution in [0.5, 0.6) is 0 Å². The topological polar surface area (TPSA) is 89.3 Å². The van der Waals surface area contributed by atoms with Crippen molar-refractivity contribution in [3.05, 3.63) is 49.5 Å².